The fourth-order valence-corrected chi connectivity index (χ4v) is 3.11. The van der Waals surface area contributed by atoms with E-state index in [2.05, 4.69) is 5.32 Å². The molecule has 0 bridgehead atoms. The minimum atomic E-state index is -3.62. The SMILES string of the molecule is O=C(CCS(=O)(=O)c1ccc(F)cc1)Nc1ccc(Cl)cc1. The molecule has 2 rings (SSSR count). The van der Waals surface area contributed by atoms with Crippen LogP contribution in [0.5, 0.6) is 0 Å². The van der Waals surface area contributed by atoms with Crippen molar-refractivity contribution in [2.45, 2.75) is 11.3 Å². The highest BCUT2D eigenvalue weighted by Crippen LogP contribution is 2.15. The molecule has 0 aliphatic rings. The Balaban J connectivity index is 1.95. The van der Waals surface area contributed by atoms with E-state index in [4.69, 9.17) is 11.6 Å². The highest BCUT2D eigenvalue weighted by molar-refractivity contribution is 7.91. The van der Waals surface area contributed by atoms with Crippen LogP contribution >= 0.6 is 11.6 Å². The lowest BCUT2D eigenvalue weighted by atomic mass is 10.3. The monoisotopic (exact) mass is 341 g/mol. The third-order valence-electron chi connectivity index (χ3n) is 2.90. The lowest BCUT2D eigenvalue weighted by Crippen LogP contribution is -2.17. The van der Waals surface area contributed by atoms with E-state index in [0.29, 0.717) is 10.7 Å². The molecule has 116 valence electrons. The summed E-state index contributed by atoms with van der Waals surface area (Å²) in [5, 5.41) is 3.12. The largest absolute Gasteiger partial charge is 0.326 e. The third-order valence-corrected chi connectivity index (χ3v) is 4.88. The fourth-order valence-electron chi connectivity index (χ4n) is 1.74. The Morgan fingerprint density at radius 3 is 2.23 bits per heavy atom. The second-order valence-corrected chi connectivity index (χ2v) is 7.12. The zero-order valence-corrected chi connectivity index (χ0v) is 13.0. The Morgan fingerprint density at radius 1 is 1.05 bits per heavy atom. The van der Waals surface area contributed by atoms with Gasteiger partial charge in [-0.2, -0.15) is 0 Å². The lowest BCUT2D eigenvalue weighted by Gasteiger charge is -2.06. The second kappa shape index (κ2) is 6.89. The Kier molecular flexibility index (Phi) is 5.15. The maximum atomic E-state index is 12.8. The van der Waals surface area contributed by atoms with Gasteiger partial charge in [0, 0.05) is 17.1 Å². The van der Waals surface area contributed by atoms with Gasteiger partial charge >= 0.3 is 0 Å². The van der Waals surface area contributed by atoms with Gasteiger partial charge in [0.2, 0.25) is 5.91 Å². The van der Waals surface area contributed by atoms with Crippen molar-refractivity contribution in [3.63, 3.8) is 0 Å². The predicted octanol–water partition coefficient (Wildman–Crippen LogP) is 3.28. The molecule has 0 unspecified atom stereocenters. The van der Waals surface area contributed by atoms with Gasteiger partial charge in [0.15, 0.2) is 9.84 Å². The number of nitrogens with one attached hydrogen (secondary N) is 1. The number of sulfone groups is 1. The maximum Gasteiger partial charge on any atom is 0.225 e. The second-order valence-electron chi connectivity index (χ2n) is 4.58. The summed E-state index contributed by atoms with van der Waals surface area (Å²) in [4.78, 5) is 11.8. The van der Waals surface area contributed by atoms with Crippen molar-refractivity contribution in [3.8, 4) is 0 Å². The number of halogens is 2. The molecule has 0 heterocycles. The molecule has 1 amide bonds. The van der Waals surface area contributed by atoms with E-state index in [-0.39, 0.29) is 17.1 Å². The van der Waals surface area contributed by atoms with Gasteiger partial charge < -0.3 is 5.32 Å². The van der Waals surface area contributed by atoms with Crippen molar-refractivity contribution < 1.29 is 17.6 Å². The Bertz CT molecular complexity index is 758. The van der Waals surface area contributed by atoms with Crippen molar-refractivity contribution in [2.75, 3.05) is 11.1 Å². The fraction of sp³-hybridized carbons (Fsp3) is 0.133. The first-order valence-electron chi connectivity index (χ1n) is 6.40. The molecule has 4 nitrogen and oxygen atoms in total. The average Bonchev–Trinajstić information content (AvgIpc) is 2.48. The lowest BCUT2D eigenvalue weighted by molar-refractivity contribution is -0.115. The molecule has 0 saturated carbocycles. The molecule has 2 aromatic carbocycles. The summed E-state index contributed by atoms with van der Waals surface area (Å²) in [6.45, 7) is 0. The van der Waals surface area contributed by atoms with E-state index in [0.717, 1.165) is 12.1 Å². The Morgan fingerprint density at radius 2 is 1.64 bits per heavy atom. The van der Waals surface area contributed by atoms with E-state index in [1.54, 1.807) is 24.3 Å². The summed E-state index contributed by atoms with van der Waals surface area (Å²) in [6.07, 6.45) is -0.192. The van der Waals surface area contributed by atoms with Crippen molar-refractivity contribution in [2.24, 2.45) is 0 Å². The molecular weight excluding hydrogens is 329 g/mol. The third kappa shape index (κ3) is 4.54. The summed E-state index contributed by atoms with van der Waals surface area (Å²) in [5.41, 5.74) is 0.536. The highest BCUT2D eigenvalue weighted by Gasteiger charge is 2.16. The molecule has 0 radical (unpaired) electrons. The standard InChI is InChI=1S/C15H13ClFNO3S/c16-11-1-5-13(6-2-11)18-15(19)9-10-22(20,21)14-7-3-12(17)4-8-14/h1-8H,9-10H2,(H,18,19). The molecular formula is C15H13ClFNO3S. The number of carbonyl (C=O) groups excluding carboxylic acids is 1. The first-order valence-corrected chi connectivity index (χ1v) is 8.43. The Labute approximate surface area is 132 Å². The number of hydrogen-bond donors (Lipinski definition) is 1. The van der Waals surface area contributed by atoms with Gasteiger partial charge in [0.1, 0.15) is 5.82 Å². The minimum Gasteiger partial charge on any atom is -0.326 e. The van der Waals surface area contributed by atoms with Gasteiger partial charge in [0.25, 0.3) is 0 Å². The van der Waals surface area contributed by atoms with Crippen LogP contribution in [0.25, 0.3) is 0 Å². The van der Waals surface area contributed by atoms with Gasteiger partial charge in [-0.15, -0.1) is 0 Å². The van der Waals surface area contributed by atoms with Crippen LogP contribution in [0.2, 0.25) is 5.02 Å². The molecule has 0 fully saturated rings. The summed E-state index contributed by atoms with van der Waals surface area (Å²) < 4.78 is 36.8. The van der Waals surface area contributed by atoms with Crippen LogP contribution in [0, 0.1) is 5.82 Å². The summed E-state index contributed by atoms with van der Waals surface area (Å²) in [7, 11) is -3.62. The Hall–Kier alpha value is -1.92. The minimum absolute atomic E-state index is 0.00630. The smallest absolute Gasteiger partial charge is 0.225 e. The van der Waals surface area contributed by atoms with Gasteiger partial charge in [-0.25, -0.2) is 12.8 Å². The van der Waals surface area contributed by atoms with Crippen molar-refractivity contribution in [1.82, 2.24) is 0 Å². The molecule has 0 aliphatic carbocycles. The zero-order chi connectivity index (χ0) is 16.2. The topological polar surface area (TPSA) is 63.2 Å². The molecule has 0 atom stereocenters. The normalized spacial score (nSPS) is 11.2. The number of anilines is 1. The average molecular weight is 342 g/mol. The van der Waals surface area contributed by atoms with Gasteiger partial charge in [-0.05, 0) is 48.5 Å². The van der Waals surface area contributed by atoms with E-state index < -0.39 is 21.6 Å². The van der Waals surface area contributed by atoms with Crippen LogP contribution in [0.1, 0.15) is 6.42 Å². The number of hydrogen-bond acceptors (Lipinski definition) is 3. The molecule has 22 heavy (non-hydrogen) atoms. The number of amides is 1. The van der Waals surface area contributed by atoms with E-state index >= 15 is 0 Å². The van der Waals surface area contributed by atoms with Crippen LogP contribution in [-0.4, -0.2) is 20.1 Å². The van der Waals surface area contributed by atoms with Gasteiger partial charge in [-0.3, -0.25) is 4.79 Å². The first-order chi connectivity index (χ1) is 10.4. The molecule has 1 N–H and O–H groups in total. The van der Waals surface area contributed by atoms with Gasteiger partial charge in [0.05, 0.1) is 10.6 Å². The molecule has 0 saturated heterocycles. The molecule has 7 heteroatoms. The van der Waals surface area contributed by atoms with Crippen molar-refractivity contribution in [3.05, 3.63) is 59.4 Å². The quantitative estimate of drug-likeness (QED) is 0.849. The van der Waals surface area contributed by atoms with Gasteiger partial charge in [-0.1, -0.05) is 11.6 Å². The summed E-state index contributed by atoms with van der Waals surface area (Å²) >= 11 is 5.73. The predicted molar refractivity (Wildman–Crippen MR) is 83.2 cm³/mol. The van der Waals surface area contributed by atoms with Crippen LogP contribution in [0.3, 0.4) is 0 Å². The van der Waals surface area contributed by atoms with Crippen LogP contribution in [-0.2, 0) is 14.6 Å². The van der Waals surface area contributed by atoms with Crippen LogP contribution in [0.15, 0.2) is 53.4 Å². The molecule has 2 aromatic rings. The molecule has 0 aromatic heterocycles. The number of benzene rings is 2. The highest BCUT2D eigenvalue weighted by atomic mass is 35.5. The van der Waals surface area contributed by atoms with E-state index in [1.165, 1.54) is 12.1 Å². The zero-order valence-electron chi connectivity index (χ0n) is 11.4. The molecule has 0 aliphatic heterocycles. The van der Waals surface area contributed by atoms with E-state index in [9.17, 15) is 17.6 Å². The summed E-state index contributed by atoms with van der Waals surface area (Å²) in [6, 6.07) is 11.0. The number of rotatable bonds is 5. The van der Waals surface area contributed by atoms with Crippen molar-refractivity contribution >= 4 is 33.0 Å². The van der Waals surface area contributed by atoms with Crippen LogP contribution < -0.4 is 5.32 Å². The summed E-state index contributed by atoms with van der Waals surface area (Å²) in [5.74, 6) is -1.29. The maximum absolute atomic E-state index is 12.8. The molecule has 0 spiro atoms. The van der Waals surface area contributed by atoms with Crippen molar-refractivity contribution in [1.29, 1.82) is 0 Å². The number of carbonyl (C=O) groups is 1. The first kappa shape index (κ1) is 16.5. The van der Waals surface area contributed by atoms with Crippen LogP contribution in [0.4, 0.5) is 10.1 Å². The van der Waals surface area contributed by atoms with E-state index in [1.807, 2.05) is 0 Å².